The van der Waals surface area contributed by atoms with E-state index >= 15 is 0 Å². The van der Waals surface area contributed by atoms with Crippen molar-refractivity contribution in [2.24, 2.45) is 11.3 Å². The highest BCUT2D eigenvalue weighted by molar-refractivity contribution is 5.73. The summed E-state index contributed by atoms with van der Waals surface area (Å²) in [6, 6.07) is -0.256. The molecule has 0 spiro atoms. The third-order valence-corrected chi connectivity index (χ3v) is 3.42. The van der Waals surface area contributed by atoms with Crippen LogP contribution < -0.4 is 0 Å². The lowest BCUT2D eigenvalue weighted by Crippen LogP contribution is -2.58. The summed E-state index contributed by atoms with van der Waals surface area (Å²) in [5.41, 5.74) is 0.311. The molecule has 0 aliphatic carbocycles. The fourth-order valence-electron chi connectivity index (χ4n) is 2.05. The third-order valence-electron chi connectivity index (χ3n) is 3.42. The molecule has 1 rings (SSSR count). The van der Waals surface area contributed by atoms with Crippen LogP contribution in [0.4, 0.5) is 0 Å². The molecule has 0 amide bonds. The number of carbonyl (C=O) groups is 1. The van der Waals surface area contributed by atoms with E-state index in [1.54, 1.807) is 0 Å². The summed E-state index contributed by atoms with van der Waals surface area (Å²) in [7, 11) is 0. The van der Waals surface area contributed by atoms with Crippen LogP contribution in [0, 0.1) is 11.3 Å². The van der Waals surface area contributed by atoms with Gasteiger partial charge >= 0.3 is 5.97 Å². The maximum Gasteiger partial charge on any atom is 0.320 e. The Balaban J connectivity index is 2.45. The molecule has 88 valence electrons. The third kappa shape index (κ3) is 2.94. The first-order valence-corrected chi connectivity index (χ1v) is 5.83. The first-order chi connectivity index (χ1) is 6.86. The lowest BCUT2D eigenvalue weighted by molar-refractivity contribution is -0.148. The van der Waals surface area contributed by atoms with Crippen molar-refractivity contribution in [1.82, 2.24) is 4.90 Å². The lowest BCUT2D eigenvalue weighted by atomic mass is 9.75. The summed E-state index contributed by atoms with van der Waals surface area (Å²) < 4.78 is 0. The van der Waals surface area contributed by atoms with Crippen molar-refractivity contribution in [2.45, 2.75) is 46.6 Å². The average molecular weight is 213 g/mol. The minimum atomic E-state index is -0.663. The van der Waals surface area contributed by atoms with Gasteiger partial charge in [-0.3, -0.25) is 9.69 Å². The van der Waals surface area contributed by atoms with Crippen molar-refractivity contribution in [3.63, 3.8) is 0 Å². The number of nitrogens with zero attached hydrogens (tertiary/aromatic N) is 1. The molecule has 15 heavy (non-hydrogen) atoms. The van der Waals surface area contributed by atoms with Crippen LogP contribution in [0.3, 0.4) is 0 Å². The molecule has 0 bridgehead atoms. The van der Waals surface area contributed by atoms with Crippen LogP contribution in [0.2, 0.25) is 0 Å². The van der Waals surface area contributed by atoms with Gasteiger partial charge in [0.15, 0.2) is 0 Å². The molecule has 3 heteroatoms. The van der Waals surface area contributed by atoms with E-state index < -0.39 is 5.97 Å². The predicted molar refractivity (Wildman–Crippen MR) is 60.8 cm³/mol. The minimum Gasteiger partial charge on any atom is -0.480 e. The molecule has 0 aromatic carbocycles. The zero-order chi connectivity index (χ0) is 11.6. The monoisotopic (exact) mass is 213 g/mol. The number of hydrogen-bond acceptors (Lipinski definition) is 2. The van der Waals surface area contributed by atoms with Crippen LogP contribution >= 0.6 is 0 Å². The normalized spacial score (nSPS) is 21.1. The van der Waals surface area contributed by atoms with Gasteiger partial charge in [-0.1, -0.05) is 34.1 Å². The Morgan fingerprint density at radius 3 is 2.33 bits per heavy atom. The highest BCUT2D eigenvalue weighted by Gasteiger charge is 2.40. The lowest BCUT2D eigenvalue weighted by Gasteiger charge is -2.48. The van der Waals surface area contributed by atoms with Crippen molar-refractivity contribution in [3.05, 3.63) is 0 Å². The maximum atomic E-state index is 11.0. The van der Waals surface area contributed by atoms with Gasteiger partial charge in [0.25, 0.3) is 0 Å². The second-order valence-corrected chi connectivity index (χ2v) is 5.66. The van der Waals surface area contributed by atoms with E-state index in [9.17, 15) is 4.79 Å². The van der Waals surface area contributed by atoms with Gasteiger partial charge < -0.3 is 5.11 Å². The molecule has 1 N–H and O–H groups in total. The molecule has 1 heterocycles. The summed E-state index contributed by atoms with van der Waals surface area (Å²) in [6.45, 7) is 10.6. The first-order valence-electron chi connectivity index (χ1n) is 5.83. The van der Waals surface area contributed by atoms with E-state index in [0.717, 1.165) is 25.9 Å². The van der Waals surface area contributed by atoms with Crippen molar-refractivity contribution >= 4 is 5.97 Å². The zero-order valence-corrected chi connectivity index (χ0v) is 10.3. The van der Waals surface area contributed by atoms with Crippen LogP contribution in [-0.4, -0.2) is 35.1 Å². The van der Waals surface area contributed by atoms with Crippen molar-refractivity contribution in [1.29, 1.82) is 0 Å². The molecule has 3 nitrogen and oxygen atoms in total. The van der Waals surface area contributed by atoms with Gasteiger partial charge in [-0.05, 0) is 17.8 Å². The van der Waals surface area contributed by atoms with E-state index in [1.807, 2.05) is 6.92 Å². The van der Waals surface area contributed by atoms with Crippen molar-refractivity contribution < 1.29 is 9.90 Å². The van der Waals surface area contributed by atoms with E-state index in [1.165, 1.54) is 0 Å². The zero-order valence-electron chi connectivity index (χ0n) is 10.3. The van der Waals surface area contributed by atoms with Crippen LogP contribution in [-0.2, 0) is 4.79 Å². The predicted octanol–water partition coefficient (Wildman–Crippen LogP) is 2.22. The number of rotatable bonds is 4. The fourth-order valence-corrected chi connectivity index (χ4v) is 2.05. The summed E-state index contributed by atoms with van der Waals surface area (Å²) >= 11 is 0. The van der Waals surface area contributed by atoms with E-state index in [0.29, 0.717) is 11.3 Å². The molecule has 1 fully saturated rings. The van der Waals surface area contributed by atoms with Gasteiger partial charge in [-0.15, -0.1) is 0 Å². The average Bonchev–Trinajstić information content (AvgIpc) is 1.97. The second kappa shape index (κ2) is 4.52. The summed E-state index contributed by atoms with van der Waals surface area (Å²) in [4.78, 5) is 13.1. The topological polar surface area (TPSA) is 40.5 Å². The highest BCUT2D eigenvalue weighted by Crippen LogP contribution is 2.35. The quantitative estimate of drug-likeness (QED) is 0.778. The summed E-state index contributed by atoms with van der Waals surface area (Å²) in [5, 5.41) is 9.09. The van der Waals surface area contributed by atoms with Gasteiger partial charge in [0, 0.05) is 13.1 Å². The van der Waals surface area contributed by atoms with Gasteiger partial charge in [0.2, 0.25) is 0 Å². The largest absolute Gasteiger partial charge is 0.480 e. The second-order valence-electron chi connectivity index (χ2n) is 5.66. The number of hydrogen-bond donors (Lipinski definition) is 1. The SMILES string of the molecule is CCCC(C(=O)O)N1CC(C(C)(C)C)C1. The molecule has 1 atom stereocenters. The molecule has 0 aromatic rings. The Bertz CT molecular complexity index is 226. The Kier molecular flexibility index (Phi) is 3.77. The maximum absolute atomic E-state index is 11.0. The molecule has 1 aliphatic heterocycles. The number of carboxylic acids is 1. The molecule has 1 unspecified atom stereocenters. The van der Waals surface area contributed by atoms with Crippen LogP contribution in [0.25, 0.3) is 0 Å². The molecule has 0 radical (unpaired) electrons. The van der Waals surface area contributed by atoms with Crippen molar-refractivity contribution in [2.75, 3.05) is 13.1 Å². The smallest absolute Gasteiger partial charge is 0.320 e. The summed E-state index contributed by atoms with van der Waals surface area (Å²) in [5.74, 6) is -0.0135. The van der Waals surface area contributed by atoms with Gasteiger partial charge in [0.05, 0.1) is 0 Å². The highest BCUT2D eigenvalue weighted by atomic mass is 16.4. The Labute approximate surface area is 92.5 Å². The Morgan fingerprint density at radius 2 is 2.00 bits per heavy atom. The first kappa shape index (κ1) is 12.5. The molecular formula is C12H23NO2. The van der Waals surface area contributed by atoms with Crippen LogP contribution in [0.15, 0.2) is 0 Å². The number of carboxylic acid groups (broad SMARTS) is 1. The van der Waals surface area contributed by atoms with Gasteiger partial charge in [-0.2, -0.15) is 0 Å². The molecule has 1 saturated heterocycles. The molecule has 1 aliphatic rings. The fraction of sp³-hybridized carbons (Fsp3) is 0.917. The number of likely N-dealkylation sites (tertiary alicyclic amines) is 1. The van der Waals surface area contributed by atoms with Gasteiger partial charge in [0.1, 0.15) is 6.04 Å². The minimum absolute atomic E-state index is 0.256. The standard InChI is InChI=1S/C12H23NO2/c1-5-6-10(11(14)15)13-7-9(8-13)12(2,3)4/h9-10H,5-8H2,1-4H3,(H,14,15). The van der Waals surface area contributed by atoms with Crippen LogP contribution in [0.5, 0.6) is 0 Å². The van der Waals surface area contributed by atoms with E-state index in [-0.39, 0.29) is 6.04 Å². The number of aliphatic carboxylic acids is 1. The Hall–Kier alpha value is -0.570. The van der Waals surface area contributed by atoms with Crippen molar-refractivity contribution in [3.8, 4) is 0 Å². The molecular weight excluding hydrogens is 190 g/mol. The molecule has 0 saturated carbocycles. The molecule has 0 aromatic heterocycles. The van der Waals surface area contributed by atoms with E-state index in [4.69, 9.17) is 5.11 Å². The van der Waals surface area contributed by atoms with Gasteiger partial charge in [-0.25, -0.2) is 0 Å². The van der Waals surface area contributed by atoms with E-state index in [2.05, 4.69) is 25.7 Å². The Morgan fingerprint density at radius 1 is 1.47 bits per heavy atom. The summed E-state index contributed by atoms with van der Waals surface area (Å²) in [6.07, 6.45) is 1.71. The van der Waals surface area contributed by atoms with Crippen LogP contribution in [0.1, 0.15) is 40.5 Å².